The molecule has 0 bridgehead atoms. The van der Waals surface area contributed by atoms with E-state index in [-0.39, 0.29) is 23.3 Å². The van der Waals surface area contributed by atoms with Crippen molar-refractivity contribution in [1.82, 2.24) is 5.32 Å². The van der Waals surface area contributed by atoms with Crippen LogP contribution in [0.25, 0.3) is 0 Å². The van der Waals surface area contributed by atoms with E-state index in [9.17, 15) is 13.2 Å². The molecule has 5 heteroatoms. The number of carbonyl (C=O) groups excluding carboxylic acids is 1. The van der Waals surface area contributed by atoms with Gasteiger partial charge in [-0.1, -0.05) is 19.8 Å². The highest BCUT2D eigenvalue weighted by atomic mass is 32.2. The molecule has 1 aliphatic heterocycles. The van der Waals surface area contributed by atoms with Gasteiger partial charge < -0.3 is 5.32 Å². The summed E-state index contributed by atoms with van der Waals surface area (Å²) in [6.45, 7) is 2.21. The lowest BCUT2D eigenvalue weighted by Crippen LogP contribution is -2.42. The maximum atomic E-state index is 12.0. The van der Waals surface area contributed by atoms with Gasteiger partial charge in [0, 0.05) is 12.5 Å². The first-order valence-corrected chi connectivity index (χ1v) is 9.28. The fourth-order valence-corrected chi connectivity index (χ4v) is 4.79. The van der Waals surface area contributed by atoms with Crippen LogP contribution in [0, 0.1) is 11.8 Å². The molecule has 1 N–H and O–H groups in total. The third-order valence-corrected chi connectivity index (χ3v) is 6.32. The normalized spacial score (nSPS) is 31.8. The number of rotatable bonds is 3. The van der Waals surface area contributed by atoms with Crippen molar-refractivity contribution in [2.75, 3.05) is 11.5 Å². The minimum atomic E-state index is -2.82. The summed E-state index contributed by atoms with van der Waals surface area (Å²) in [5.74, 6) is 1.45. The first-order valence-electron chi connectivity index (χ1n) is 7.46. The molecule has 1 saturated heterocycles. The number of sulfone groups is 1. The van der Waals surface area contributed by atoms with Crippen molar-refractivity contribution in [3.05, 3.63) is 0 Å². The van der Waals surface area contributed by atoms with Crippen molar-refractivity contribution in [2.45, 2.75) is 57.9 Å². The summed E-state index contributed by atoms with van der Waals surface area (Å²) in [6, 6.07) is 0.327. The summed E-state index contributed by atoms with van der Waals surface area (Å²) in [6.07, 6.45) is 6.56. The van der Waals surface area contributed by atoms with E-state index in [1.807, 2.05) is 0 Å². The second-order valence-corrected chi connectivity index (χ2v) is 8.54. The first kappa shape index (κ1) is 14.8. The van der Waals surface area contributed by atoms with Crippen molar-refractivity contribution in [3.8, 4) is 0 Å². The molecule has 1 heterocycles. The number of amides is 1. The molecule has 0 aromatic carbocycles. The Morgan fingerprint density at radius 3 is 2.37 bits per heavy atom. The van der Waals surface area contributed by atoms with Crippen LogP contribution < -0.4 is 5.32 Å². The Morgan fingerprint density at radius 2 is 1.74 bits per heavy atom. The second-order valence-electron chi connectivity index (χ2n) is 6.24. The van der Waals surface area contributed by atoms with Gasteiger partial charge in [-0.25, -0.2) is 8.42 Å². The maximum absolute atomic E-state index is 12.0. The summed E-state index contributed by atoms with van der Waals surface area (Å²) in [5, 5.41) is 3.15. The topological polar surface area (TPSA) is 63.2 Å². The van der Waals surface area contributed by atoms with E-state index in [0.29, 0.717) is 31.2 Å². The quantitative estimate of drug-likeness (QED) is 0.862. The Kier molecular flexibility index (Phi) is 4.87. The molecule has 0 aromatic heterocycles. The van der Waals surface area contributed by atoms with Crippen LogP contribution in [0.15, 0.2) is 0 Å². The predicted octanol–water partition coefficient (Wildman–Crippen LogP) is 1.90. The molecule has 2 fully saturated rings. The van der Waals surface area contributed by atoms with Gasteiger partial charge in [-0.3, -0.25) is 4.79 Å². The van der Waals surface area contributed by atoms with Crippen molar-refractivity contribution < 1.29 is 13.2 Å². The van der Waals surface area contributed by atoms with Crippen LogP contribution in [-0.2, 0) is 14.6 Å². The lowest BCUT2D eigenvalue weighted by atomic mass is 9.85. The Morgan fingerprint density at radius 1 is 1.11 bits per heavy atom. The predicted molar refractivity (Wildman–Crippen MR) is 75.6 cm³/mol. The maximum Gasteiger partial charge on any atom is 0.220 e. The standard InChI is InChI=1S/C14H25NO3S/c1-11-4-2-3-5-13(11)15-14(16)10-12-6-8-19(17,18)9-7-12/h11-13H,2-10H2,1H3,(H,15,16). The Hall–Kier alpha value is -0.580. The molecule has 2 unspecified atom stereocenters. The van der Waals surface area contributed by atoms with Crippen molar-refractivity contribution >= 4 is 15.7 Å². The third kappa shape index (κ3) is 4.48. The van der Waals surface area contributed by atoms with Crippen molar-refractivity contribution in [3.63, 3.8) is 0 Å². The lowest BCUT2D eigenvalue weighted by molar-refractivity contribution is -0.123. The highest BCUT2D eigenvalue weighted by Crippen LogP contribution is 2.25. The molecule has 0 spiro atoms. The van der Waals surface area contributed by atoms with Gasteiger partial charge in [0.1, 0.15) is 9.84 Å². The molecule has 1 saturated carbocycles. The average molecular weight is 287 g/mol. The van der Waals surface area contributed by atoms with Crippen molar-refractivity contribution in [1.29, 1.82) is 0 Å². The minimum Gasteiger partial charge on any atom is -0.353 e. The largest absolute Gasteiger partial charge is 0.353 e. The van der Waals surface area contributed by atoms with Crippen molar-refractivity contribution in [2.24, 2.45) is 11.8 Å². The van der Waals surface area contributed by atoms with Gasteiger partial charge in [0.15, 0.2) is 0 Å². The fourth-order valence-electron chi connectivity index (χ4n) is 3.20. The Balaban J connectivity index is 1.75. The molecule has 0 radical (unpaired) electrons. The average Bonchev–Trinajstić information content (AvgIpc) is 2.35. The molecular weight excluding hydrogens is 262 g/mol. The number of hydrogen-bond acceptors (Lipinski definition) is 3. The summed E-state index contributed by atoms with van der Waals surface area (Å²) < 4.78 is 22.7. The van der Waals surface area contributed by atoms with Crippen LogP contribution in [0.4, 0.5) is 0 Å². The van der Waals surface area contributed by atoms with Gasteiger partial charge >= 0.3 is 0 Å². The van der Waals surface area contributed by atoms with Gasteiger partial charge in [0.25, 0.3) is 0 Å². The molecule has 19 heavy (non-hydrogen) atoms. The van der Waals surface area contributed by atoms with Crippen LogP contribution in [-0.4, -0.2) is 31.9 Å². The zero-order valence-corrected chi connectivity index (χ0v) is 12.5. The number of nitrogens with one attached hydrogen (secondary N) is 1. The fraction of sp³-hybridized carbons (Fsp3) is 0.929. The third-order valence-electron chi connectivity index (χ3n) is 4.61. The van der Waals surface area contributed by atoms with E-state index in [4.69, 9.17) is 0 Å². The van der Waals surface area contributed by atoms with Gasteiger partial charge in [0.05, 0.1) is 11.5 Å². The van der Waals surface area contributed by atoms with Gasteiger partial charge in [0.2, 0.25) is 5.91 Å². The first-order chi connectivity index (χ1) is 8.96. The zero-order valence-electron chi connectivity index (χ0n) is 11.7. The van der Waals surface area contributed by atoms with E-state index in [1.54, 1.807) is 0 Å². The molecule has 1 aliphatic carbocycles. The van der Waals surface area contributed by atoms with E-state index in [2.05, 4.69) is 12.2 Å². The minimum absolute atomic E-state index is 0.114. The molecule has 0 aromatic rings. The molecule has 2 aliphatic rings. The molecule has 2 rings (SSSR count). The summed E-state index contributed by atoms with van der Waals surface area (Å²) in [7, 11) is -2.82. The highest BCUT2D eigenvalue weighted by molar-refractivity contribution is 7.91. The van der Waals surface area contributed by atoms with E-state index in [1.165, 1.54) is 19.3 Å². The van der Waals surface area contributed by atoms with E-state index < -0.39 is 9.84 Å². The number of carbonyl (C=O) groups is 1. The Bertz CT molecular complexity index is 404. The molecule has 4 nitrogen and oxygen atoms in total. The monoisotopic (exact) mass is 287 g/mol. The van der Waals surface area contributed by atoms with E-state index in [0.717, 1.165) is 6.42 Å². The van der Waals surface area contributed by atoms with Gasteiger partial charge in [-0.2, -0.15) is 0 Å². The van der Waals surface area contributed by atoms with Gasteiger partial charge in [-0.05, 0) is 37.5 Å². The highest BCUT2D eigenvalue weighted by Gasteiger charge is 2.27. The van der Waals surface area contributed by atoms with Gasteiger partial charge in [-0.15, -0.1) is 0 Å². The van der Waals surface area contributed by atoms with Crippen LogP contribution in [0.2, 0.25) is 0 Å². The number of hydrogen-bond donors (Lipinski definition) is 1. The molecule has 2 atom stereocenters. The second kappa shape index (κ2) is 6.25. The smallest absolute Gasteiger partial charge is 0.220 e. The summed E-state index contributed by atoms with van der Waals surface area (Å²) in [5.41, 5.74) is 0. The summed E-state index contributed by atoms with van der Waals surface area (Å²) >= 11 is 0. The Labute approximate surface area is 116 Å². The summed E-state index contributed by atoms with van der Waals surface area (Å²) in [4.78, 5) is 12.0. The molecule has 110 valence electrons. The van der Waals surface area contributed by atoms with Crippen LogP contribution in [0.1, 0.15) is 51.9 Å². The molecular formula is C14H25NO3S. The SMILES string of the molecule is CC1CCCCC1NC(=O)CC1CCS(=O)(=O)CC1. The van der Waals surface area contributed by atoms with E-state index >= 15 is 0 Å². The van der Waals surface area contributed by atoms with Crippen LogP contribution in [0.3, 0.4) is 0 Å². The zero-order chi connectivity index (χ0) is 13.9. The lowest BCUT2D eigenvalue weighted by Gasteiger charge is -2.30. The van der Waals surface area contributed by atoms with Crippen LogP contribution in [0.5, 0.6) is 0 Å². The van der Waals surface area contributed by atoms with Crippen LogP contribution >= 0.6 is 0 Å². The molecule has 1 amide bonds.